The topological polar surface area (TPSA) is 59.1 Å². The number of likely N-dealkylation sites (N-methyl/N-ethyl adjacent to an activating group) is 1. The third-order valence-corrected chi connectivity index (χ3v) is 6.16. The van der Waals surface area contributed by atoms with Gasteiger partial charge < -0.3 is 19.3 Å². The van der Waals surface area contributed by atoms with Crippen LogP contribution in [0.3, 0.4) is 0 Å². The highest BCUT2D eigenvalue weighted by Gasteiger charge is 2.22. The Hall–Kier alpha value is -2.86. The molecule has 0 aromatic heterocycles. The van der Waals surface area contributed by atoms with Crippen LogP contribution in [-0.4, -0.2) is 58.0 Å². The summed E-state index contributed by atoms with van der Waals surface area (Å²) in [5.41, 5.74) is 1.58. The lowest BCUT2D eigenvalue weighted by Crippen LogP contribution is -2.36. The van der Waals surface area contributed by atoms with Crippen molar-refractivity contribution in [1.82, 2.24) is 4.90 Å². The molecule has 2 rings (SSSR count). The Morgan fingerprint density at radius 3 is 2.06 bits per heavy atom. The van der Waals surface area contributed by atoms with Gasteiger partial charge in [0, 0.05) is 25.2 Å². The molecule has 0 fully saturated rings. The Bertz CT molecular complexity index is 942. The first kappa shape index (κ1) is 28.4. The Kier molecular flexibility index (Phi) is 12.3. The quantitative estimate of drug-likeness (QED) is 0.218. The number of ketones is 1. The molecule has 0 radical (unpaired) electrons. The molecule has 0 unspecified atom stereocenters. The van der Waals surface area contributed by atoms with E-state index >= 15 is 0 Å². The average Bonchev–Trinajstić information content (AvgIpc) is 2.87. The third-order valence-electron chi connectivity index (χ3n) is 6.16. The number of rotatable bonds is 16. The first-order chi connectivity index (χ1) is 16.9. The number of amides is 1. The molecule has 0 aliphatic carbocycles. The van der Waals surface area contributed by atoms with Gasteiger partial charge in [0.25, 0.3) is 0 Å². The predicted octanol–water partition coefficient (Wildman–Crippen LogP) is 5.97. The first-order valence-corrected chi connectivity index (χ1v) is 12.7. The highest BCUT2D eigenvalue weighted by molar-refractivity contribution is 6.13. The maximum Gasteiger partial charge on any atom is 0.227 e. The SMILES string of the molecule is CCCCCCCCCC(=O)N(CCN(C)C)c1ccc(OC)c(C(=O)c2ccccc2OC)c1. The summed E-state index contributed by atoms with van der Waals surface area (Å²) < 4.78 is 10.9. The van der Waals surface area contributed by atoms with E-state index in [4.69, 9.17) is 9.47 Å². The molecule has 192 valence electrons. The number of unbranched alkanes of at least 4 members (excludes halogenated alkanes) is 6. The van der Waals surface area contributed by atoms with E-state index in [2.05, 4.69) is 11.8 Å². The predicted molar refractivity (Wildman–Crippen MR) is 143 cm³/mol. The number of hydrogen-bond acceptors (Lipinski definition) is 5. The lowest BCUT2D eigenvalue weighted by Gasteiger charge is -2.25. The van der Waals surface area contributed by atoms with Crippen LogP contribution in [0.15, 0.2) is 42.5 Å². The molecule has 2 aromatic rings. The summed E-state index contributed by atoms with van der Waals surface area (Å²) in [6.45, 7) is 3.50. The number of anilines is 1. The minimum Gasteiger partial charge on any atom is -0.496 e. The number of hydrogen-bond donors (Lipinski definition) is 0. The number of nitrogens with zero attached hydrogens (tertiary/aromatic N) is 2. The van der Waals surface area contributed by atoms with Crippen molar-refractivity contribution >= 4 is 17.4 Å². The molecule has 0 spiro atoms. The molecule has 0 saturated heterocycles. The van der Waals surface area contributed by atoms with E-state index in [0.717, 1.165) is 19.4 Å². The van der Waals surface area contributed by atoms with Crippen molar-refractivity contribution in [3.63, 3.8) is 0 Å². The molecule has 0 N–H and O–H groups in total. The third kappa shape index (κ3) is 8.70. The van der Waals surface area contributed by atoms with Crippen molar-refractivity contribution in [3.05, 3.63) is 53.6 Å². The second kappa shape index (κ2) is 15.2. The van der Waals surface area contributed by atoms with E-state index in [9.17, 15) is 9.59 Å². The van der Waals surface area contributed by atoms with Gasteiger partial charge in [-0.3, -0.25) is 9.59 Å². The zero-order chi connectivity index (χ0) is 25.6. The monoisotopic (exact) mass is 482 g/mol. The molecule has 0 atom stereocenters. The van der Waals surface area contributed by atoms with Crippen molar-refractivity contribution in [2.24, 2.45) is 0 Å². The molecule has 2 aromatic carbocycles. The Morgan fingerprint density at radius 2 is 1.40 bits per heavy atom. The lowest BCUT2D eigenvalue weighted by atomic mass is 10.0. The van der Waals surface area contributed by atoms with Gasteiger partial charge in [-0.15, -0.1) is 0 Å². The second-order valence-electron chi connectivity index (χ2n) is 9.13. The first-order valence-electron chi connectivity index (χ1n) is 12.7. The van der Waals surface area contributed by atoms with Crippen LogP contribution in [-0.2, 0) is 4.79 Å². The Balaban J connectivity index is 2.24. The molecule has 0 bridgehead atoms. The molecule has 1 amide bonds. The van der Waals surface area contributed by atoms with Gasteiger partial charge in [-0.2, -0.15) is 0 Å². The largest absolute Gasteiger partial charge is 0.496 e. The van der Waals surface area contributed by atoms with E-state index in [1.165, 1.54) is 32.1 Å². The number of carbonyl (C=O) groups is 2. The van der Waals surface area contributed by atoms with Gasteiger partial charge in [0.1, 0.15) is 11.5 Å². The molecular weight excluding hydrogens is 440 g/mol. The maximum absolute atomic E-state index is 13.5. The van der Waals surface area contributed by atoms with Crippen molar-refractivity contribution in [2.45, 2.75) is 58.3 Å². The van der Waals surface area contributed by atoms with E-state index in [-0.39, 0.29) is 11.7 Å². The van der Waals surface area contributed by atoms with Gasteiger partial charge in [-0.25, -0.2) is 0 Å². The zero-order valence-electron chi connectivity index (χ0n) is 22.1. The standard InChI is InChI=1S/C29H42N2O4/c1-6-7-8-9-10-11-12-17-28(32)31(21-20-30(2)3)23-18-19-27(35-5)25(22-23)29(33)24-15-13-14-16-26(24)34-4/h13-16,18-19,22H,6-12,17,20-21H2,1-5H3. The number of benzene rings is 2. The normalized spacial score (nSPS) is 10.9. The molecule has 35 heavy (non-hydrogen) atoms. The van der Waals surface area contributed by atoms with Crippen LogP contribution in [0.1, 0.15) is 74.2 Å². The molecule has 0 aliphatic heterocycles. The summed E-state index contributed by atoms with van der Waals surface area (Å²) in [5.74, 6) is 0.857. The van der Waals surface area contributed by atoms with Gasteiger partial charge in [-0.1, -0.05) is 57.6 Å². The maximum atomic E-state index is 13.5. The summed E-state index contributed by atoms with van der Waals surface area (Å²) in [6.07, 6.45) is 8.65. The molecule has 0 aliphatic rings. The molecule has 6 nitrogen and oxygen atoms in total. The average molecular weight is 483 g/mol. The number of para-hydroxylation sites is 1. The number of carbonyl (C=O) groups excluding carboxylic acids is 2. The van der Waals surface area contributed by atoms with Crippen LogP contribution in [0.5, 0.6) is 11.5 Å². The fraction of sp³-hybridized carbons (Fsp3) is 0.517. The van der Waals surface area contributed by atoms with E-state index in [0.29, 0.717) is 41.3 Å². The van der Waals surface area contributed by atoms with Gasteiger partial charge >= 0.3 is 0 Å². The van der Waals surface area contributed by atoms with E-state index in [1.54, 1.807) is 49.5 Å². The van der Waals surface area contributed by atoms with Crippen LogP contribution in [0.2, 0.25) is 0 Å². The van der Waals surface area contributed by atoms with Crippen LogP contribution in [0.4, 0.5) is 5.69 Å². The van der Waals surface area contributed by atoms with Gasteiger partial charge in [0.2, 0.25) is 11.7 Å². The second-order valence-corrected chi connectivity index (χ2v) is 9.13. The Morgan fingerprint density at radius 1 is 0.771 bits per heavy atom. The minimum atomic E-state index is -0.201. The van der Waals surface area contributed by atoms with Crippen LogP contribution < -0.4 is 14.4 Å². The van der Waals surface area contributed by atoms with Crippen LogP contribution >= 0.6 is 0 Å². The van der Waals surface area contributed by atoms with Crippen molar-refractivity contribution < 1.29 is 19.1 Å². The van der Waals surface area contributed by atoms with Crippen molar-refractivity contribution in [1.29, 1.82) is 0 Å². The molecule has 6 heteroatoms. The van der Waals surface area contributed by atoms with Crippen molar-refractivity contribution in [2.75, 3.05) is 46.3 Å². The fourth-order valence-electron chi connectivity index (χ4n) is 4.08. The van der Waals surface area contributed by atoms with Gasteiger partial charge in [0.15, 0.2) is 0 Å². The van der Waals surface area contributed by atoms with Gasteiger partial charge in [-0.05, 0) is 50.8 Å². The lowest BCUT2D eigenvalue weighted by molar-refractivity contribution is -0.118. The Labute approximate surface area is 211 Å². The highest BCUT2D eigenvalue weighted by Crippen LogP contribution is 2.30. The summed E-state index contributed by atoms with van der Waals surface area (Å²) >= 11 is 0. The summed E-state index contributed by atoms with van der Waals surface area (Å²) in [4.78, 5) is 30.6. The van der Waals surface area contributed by atoms with E-state index in [1.807, 2.05) is 26.2 Å². The van der Waals surface area contributed by atoms with Gasteiger partial charge in [0.05, 0.1) is 25.3 Å². The molecular formula is C29H42N2O4. The number of methoxy groups -OCH3 is 2. The van der Waals surface area contributed by atoms with Crippen LogP contribution in [0.25, 0.3) is 0 Å². The van der Waals surface area contributed by atoms with Crippen molar-refractivity contribution in [3.8, 4) is 11.5 Å². The zero-order valence-corrected chi connectivity index (χ0v) is 22.1. The van der Waals surface area contributed by atoms with Crippen LogP contribution in [0, 0.1) is 0 Å². The smallest absolute Gasteiger partial charge is 0.227 e. The summed E-state index contributed by atoms with van der Waals surface area (Å²) in [6, 6.07) is 12.5. The minimum absolute atomic E-state index is 0.0845. The highest BCUT2D eigenvalue weighted by atomic mass is 16.5. The number of ether oxygens (including phenoxy) is 2. The van der Waals surface area contributed by atoms with E-state index < -0.39 is 0 Å². The molecule has 0 heterocycles. The fourth-order valence-corrected chi connectivity index (χ4v) is 4.08. The summed E-state index contributed by atoms with van der Waals surface area (Å²) in [7, 11) is 7.07. The summed E-state index contributed by atoms with van der Waals surface area (Å²) in [5, 5.41) is 0. The molecule has 0 saturated carbocycles.